The number of esters is 3. The first-order chi connectivity index (χ1) is 32.5. The van der Waals surface area contributed by atoms with Crippen molar-refractivity contribution in [3.8, 4) is 0 Å². The summed E-state index contributed by atoms with van der Waals surface area (Å²) in [6, 6.07) is 0. The Balaban J connectivity index is 4.01. The zero-order valence-electron chi connectivity index (χ0n) is 44.0. The van der Waals surface area contributed by atoms with E-state index in [4.69, 9.17) is 14.2 Å². The maximum Gasteiger partial charge on any atom is 0.306 e. The third-order valence-electron chi connectivity index (χ3n) is 12.6. The molecule has 0 aromatic heterocycles. The molecule has 0 radical (unpaired) electrons. The maximum absolute atomic E-state index is 12.8. The number of rotatable bonds is 52. The summed E-state index contributed by atoms with van der Waals surface area (Å²) in [5, 5.41) is 0. The van der Waals surface area contributed by atoms with E-state index in [2.05, 4.69) is 69.4 Å². The van der Waals surface area contributed by atoms with Crippen molar-refractivity contribution in [3.63, 3.8) is 0 Å². The molecule has 0 aliphatic carbocycles. The molecule has 6 heteroatoms. The highest BCUT2D eigenvalue weighted by molar-refractivity contribution is 5.71. The zero-order chi connectivity index (χ0) is 47.9. The van der Waals surface area contributed by atoms with Gasteiger partial charge in [-0.3, -0.25) is 14.4 Å². The second-order valence-electron chi connectivity index (χ2n) is 19.2. The standard InChI is InChI=1S/C60H108O6/c1-4-7-10-13-15-17-19-21-23-25-26-27-28-29-30-31-32-33-34-35-37-38-40-42-44-47-50-53-59(62)65-56-57(55-64-58(61)52-49-46-12-9-6-3)66-60(63)54-51-48-45-43-41-39-36-24-22-20-18-16-14-11-8-5-2/h7,10,15,17,21,23,26-27,57H,4-6,8-9,11-14,16,18-20,22,24-25,28-56H2,1-3H3/b10-7-,17-15-,23-21-,27-26-. The Morgan fingerprint density at radius 1 is 0.318 bits per heavy atom. The minimum atomic E-state index is -0.765. The van der Waals surface area contributed by atoms with Gasteiger partial charge < -0.3 is 14.2 Å². The molecule has 66 heavy (non-hydrogen) atoms. The number of ether oxygens (including phenoxy) is 3. The molecule has 0 amide bonds. The third-order valence-corrected chi connectivity index (χ3v) is 12.6. The number of allylic oxidation sites excluding steroid dienone is 8. The molecule has 0 aromatic rings. The molecule has 1 atom stereocenters. The fraction of sp³-hybridized carbons (Fsp3) is 0.817. The molecule has 0 saturated carbocycles. The summed E-state index contributed by atoms with van der Waals surface area (Å²) in [6.45, 7) is 6.48. The van der Waals surface area contributed by atoms with E-state index in [1.807, 2.05) is 0 Å². The van der Waals surface area contributed by atoms with Gasteiger partial charge >= 0.3 is 17.9 Å². The van der Waals surface area contributed by atoms with Crippen LogP contribution in [0.25, 0.3) is 0 Å². The lowest BCUT2D eigenvalue weighted by molar-refractivity contribution is -0.167. The lowest BCUT2D eigenvalue weighted by Gasteiger charge is -2.18. The molecule has 0 saturated heterocycles. The van der Waals surface area contributed by atoms with Crippen molar-refractivity contribution in [2.45, 2.75) is 303 Å². The molecular formula is C60H108O6. The summed E-state index contributed by atoms with van der Waals surface area (Å²) in [6.07, 6.45) is 67.2. The van der Waals surface area contributed by atoms with E-state index in [-0.39, 0.29) is 31.1 Å². The number of hydrogen-bond donors (Lipinski definition) is 0. The first kappa shape index (κ1) is 63.4. The van der Waals surface area contributed by atoms with Gasteiger partial charge in [-0.05, 0) is 57.8 Å². The summed E-state index contributed by atoms with van der Waals surface area (Å²) in [7, 11) is 0. The van der Waals surface area contributed by atoms with E-state index in [0.29, 0.717) is 19.3 Å². The molecule has 384 valence electrons. The van der Waals surface area contributed by atoms with E-state index in [1.54, 1.807) is 0 Å². The van der Waals surface area contributed by atoms with Crippen molar-refractivity contribution in [1.82, 2.24) is 0 Å². The van der Waals surface area contributed by atoms with Crippen molar-refractivity contribution in [1.29, 1.82) is 0 Å². The predicted molar refractivity (Wildman–Crippen MR) is 284 cm³/mol. The van der Waals surface area contributed by atoms with Crippen LogP contribution in [0, 0.1) is 0 Å². The van der Waals surface area contributed by atoms with E-state index < -0.39 is 6.10 Å². The van der Waals surface area contributed by atoms with Gasteiger partial charge in [-0.1, -0.05) is 268 Å². The van der Waals surface area contributed by atoms with Gasteiger partial charge in [-0.25, -0.2) is 0 Å². The van der Waals surface area contributed by atoms with Crippen molar-refractivity contribution < 1.29 is 28.6 Å². The summed E-state index contributed by atoms with van der Waals surface area (Å²) < 4.78 is 16.7. The van der Waals surface area contributed by atoms with Gasteiger partial charge in [0, 0.05) is 19.3 Å². The van der Waals surface area contributed by atoms with Crippen LogP contribution in [0.2, 0.25) is 0 Å². The number of carbonyl (C=O) groups is 3. The van der Waals surface area contributed by atoms with Crippen LogP contribution in [0.5, 0.6) is 0 Å². The molecule has 1 unspecified atom stereocenters. The summed E-state index contributed by atoms with van der Waals surface area (Å²) >= 11 is 0. The molecule has 0 spiro atoms. The second-order valence-corrected chi connectivity index (χ2v) is 19.2. The van der Waals surface area contributed by atoms with Gasteiger partial charge in [-0.2, -0.15) is 0 Å². The Morgan fingerprint density at radius 2 is 0.591 bits per heavy atom. The first-order valence-corrected chi connectivity index (χ1v) is 28.6. The number of unbranched alkanes of at least 4 members (excludes halogenated alkanes) is 33. The fourth-order valence-electron chi connectivity index (χ4n) is 8.32. The highest BCUT2D eigenvalue weighted by atomic mass is 16.6. The van der Waals surface area contributed by atoms with Crippen LogP contribution in [-0.2, 0) is 28.6 Å². The Bertz CT molecular complexity index is 1150. The van der Waals surface area contributed by atoms with Gasteiger partial charge in [-0.15, -0.1) is 0 Å². The molecule has 0 N–H and O–H groups in total. The Kier molecular flexibility index (Phi) is 52.8. The van der Waals surface area contributed by atoms with E-state index in [9.17, 15) is 14.4 Å². The van der Waals surface area contributed by atoms with Crippen LogP contribution in [-0.4, -0.2) is 37.2 Å². The summed E-state index contributed by atoms with van der Waals surface area (Å²) in [4.78, 5) is 37.8. The molecule has 0 aliphatic heterocycles. The smallest absolute Gasteiger partial charge is 0.306 e. The molecule has 0 rings (SSSR count). The SMILES string of the molecule is CC/C=C\C/C=C\C/C=C\C/C=C\CCCCCCCCCCCCCCCCC(=O)OCC(COC(=O)CCCCCCC)OC(=O)CCCCCCCCCCCCCCCCCC. The van der Waals surface area contributed by atoms with Crippen LogP contribution in [0.4, 0.5) is 0 Å². The lowest BCUT2D eigenvalue weighted by atomic mass is 10.0. The maximum atomic E-state index is 12.8. The van der Waals surface area contributed by atoms with Crippen LogP contribution < -0.4 is 0 Å². The first-order valence-electron chi connectivity index (χ1n) is 28.6. The van der Waals surface area contributed by atoms with Gasteiger partial charge in [0.25, 0.3) is 0 Å². The Labute approximate surface area is 409 Å². The van der Waals surface area contributed by atoms with Crippen LogP contribution >= 0.6 is 0 Å². The van der Waals surface area contributed by atoms with Crippen molar-refractivity contribution in [3.05, 3.63) is 48.6 Å². The Morgan fingerprint density at radius 3 is 0.924 bits per heavy atom. The quantitative estimate of drug-likeness (QED) is 0.0262. The normalized spacial score (nSPS) is 12.3. The number of carbonyl (C=O) groups excluding carboxylic acids is 3. The molecule has 0 fully saturated rings. The van der Waals surface area contributed by atoms with E-state index in [1.165, 1.54) is 167 Å². The van der Waals surface area contributed by atoms with Crippen LogP contribution in [0.3, 0.4) is 0 Å². The van der Waals surface area contributed by atoms with Gasteiger partial charge in [0.05, 0.1) is 0 Å². The van der Waals surface area contributed by atoms with Crippen LogP contribution in [0.1, 0.15) is 297 Å². The van der Waals surface area contributed by atoms with E-state index in [0.717, 1.165) is 89.9 Å². The highest BCUT2D eigenvalue weighted by Gasteiger charge is 2.19. The van der Waals surface area contributed by atoms with E-state index >= 15 is 0 Å². The van der Waals surface area contributed by atoms with Crippen LogP contribution in [0.15, 0.2) is 48.6 Å². The fourth-order valence-corrected chi connectivity index (χ4v) is 8.32. The Hall–Kier alpha value is -2.63. The minimum Gasteiger partial charge on any atom is -0.462 e. The lowest BCUT2D eigenvalue weighted by Crippen LogP contribution is -2.30. The molecule has 0 aromatic carbocycles. The molecule has 0 bridgehead atoms. The van der Waals surface area contributed by atoms with Gasteiger partial charge in [0.2, 0.25) is 0 Å². The van der Waals surface area contributed by atoms with Crippen molar-refractivity contribution in [2.75, 3.05) is 13.2 Å². The minimum absolute atomic E-state index is 0.0695. The topological polar surface area (TPSA) is 78.9 Å². The van der Waals surface area contributed by atoms with Gasteiger partial charge in [0.15, 0.2) is 6.10 Å². The van der Waals surface area contributed by atoms with Crippen molar-refractivity contribution in [2.24, 2.45) is 0 Å². The summed E-state index contributed by atoms with van der Waals surface area (Å²) in [5.41, 5.74) is 0. The molecule has 6 nitrogen and oxygen atoms in total. The van der Waals surface area contributed by atoms with Crippen molar-refractivity contribution >= 4 is 17.9 Å². The molecule has 0 aliphatic rings. The zero-order valence-corrected chi connectivity index (χ0v) is 44.0. The third kappa shape index (κ3) is 52.3. The largest absolute Gasteiger partial charge is 0.462 e. The average molecular weight is 926 g/mol. The highest BCUT2D eigenvalue weighted by Crippen LogP contribution is 2.17. The number of hydrogen-bond acceptors (Lipinski definition) is 6. The summed E-state index contributed by atoms with van der Waals surface area (Å²) in [5.74, 6) is -0.870. The molecule has 0 heterocycles. The average Bonchev–Trinajstić information content (AvgIpc) is 3.31. The monoisotopic (exact) mass is 925 g/mol. The second kappa shape index (κ2) is 55.0. The predicted octanol–water partition coefficient (Wildman–Crippen LogP) is 19.0. The molecular weight excluding hydrogens is 817 g/mol. The van der Waals surface area contributed by atoms with Gasteiger partial charge in [0.1, 0.15) is 13.2 Å².